The van der Waals surface area contributed by atoms with Crippen LogP contribution in [0, 0.1) is 11.8 Å². The van der Waals surface area contributed by atoms with Crippen LogP contribution in [0.3, 0.4) is 0 Å². The maximum atomic E-state index is 12.5. The number of likely N-dealkylation sites (tertiary alicyclic amines) is 1. The number of nitrogens with zero attached hydrogens (tertiary/aromatic N) is 3. The summed E-state index contributed by atoms with van der Waals surface area (Å²) in [4.78, 5) is 30.7. The van der Waals surface area contributed by atoms with Crippen molar-refractivity contribution in [3.05, 3.63) is 30.3 Å². The zero-order valence-corrected chi connectivity index (χ0v) is 20.0. The van der Waals surface area contributed by atoms with Gasteiger partial charge in [-0.25, -0.2) is 10.1 Å². The number of ether oxygens (including phenoxy) is 1. The first-order valence-corrected chi connectivity index (χ1v) is 9.36. The largest absolute Gasteiger partial charge is 1.00 e. The monoisotopic (exact) mass is 415 g/mol. The molecule has 1 heterocycles. The van der Waals surface area contributed by atoms with Gasteiger partial charge in [-0.15, -0.1) is 0 Å². The summed E-state index contributed by atoms with van der Waals surface area (Å²) in [5.41, 5.74) is 0. The summed E-state index contributed by atoms with van der Waals surface area (Å²) in [5.74, 6) is -0.693. The third-order valence-electron chi connectivity index (χ3n) is 3.62. The first-order chi connectivity index (χ1) is 13.5. The Morgan fingerprint density at radius 2 is 1.86 bits per heavy atom. The molecule has 0 N–H and O–H groups in total. The number of hydrogen-bond donors (Lipinski definition) is 0. The van der Waals surface area contributed by atoms with E-state index in [0.29, 0.717) is 18.8 Å². The first kappa shape index (κ1) is 29.6. The molecule has 9 heteroatoms. The molecule has 1 amide bonds. The average molecular weight is 415 g/mol. The van der Waals surface area contributed by atoms with E-state index in [-0.39, 0.29) is 48.2 Å². The van der Waals surface area contributed by atoms with Gasteiger partial charge in [-0.3, -0.25) is 9.74 Å². The molecule has 29 heavy (non-hydrogen) atoms. The van der Waals surface area contributed by atoms with E-state index in [0.717, 1.165) is 12.8 Å². The Labute approximate surface area is 195 Å². The molecule has 0 spiro atoms. The summed E-state index contributed by atoms with van der Waals surface area (Å²) >= 11 is 0. The molecule has 8 nitrogen and oxygen atoms in total. The summed E-state index contributed by atoms with van der Waals surface area (Å²) in [6, 6.07) is 8.50. The van der Waals surface area contributed by atoms with E-state index in [4.69, 9.17) is 14.8 Å². The number of rotatable bonds is 6. The van der Waals surface area contributed by atoms with Gasteiger partial charge in [0.05, 0.1) is 18.1 Å². The van der Waals surface area contributed by atoms with Gasteiger partial charge >= 0.3 is 35.7 Å². The summed E-state index contributed by atoms with van der Waals surface area (Å²) in [6.07, 6.45) is 0.689. The number of amides is 1. The van der Waals surface area contributed by atoms with Crippen LogP contribution in [0.1, 0.15) is 40.5 Å². The average Bonchev–Trinajstić information content (AvgIpc) is 2.69. The van der Waals surface area contributed by atoms with E-state index >= 15 is 0 Å². The van der Waals surface area contributed by atoms with Gasteiger partial charge in [0.1, 0.15) is 5.75 Å². The molecule has 0 bridgehead atoms. The predicted molar refractivity (Wildman–Crippen MR) is 103 cm³/mol. The summed E-state index contributed by atoms with van der Waals surface area (Å²) in [6.45, 7) is 12.1. The smallest absolute Gasteiger partial charge is 0.549 e. The molecule has 1 saturated heterocycles. The molecule has 156 valence electrons. The summed E-state index contributed by atoms with van der Waals surface area (Å²) in [7, 11) is 0. The number of carboxylic acids is 1. The Bertz CT molecular complexity index is 598. The molecule has 2 rings (SSSR count). The van der Waals surface area contributed by atoms with Crippen molar-refractivity contribution in [3.8, 4) is 12.3 Å². The number of nitriles is 1. The number of carbonyl (C=O) groups is 2. The predicted octanol–water partition coefficient (Wildman–Crippen LogP) is -0.788. The van der Waals surface area contributed by atoms with E-state index in [9.17, 15) is 14.7 Å². The van der Waals surface area contributed by atoms with Crippen molar-refractivity contribution >= 4 is 12.1 Å². The van der Waals surface area contributed by atoms with E-state index in [1.165, 1.54) is 5.06 Å². The minimum absolute atomic E-state index is 0. The van der Waals surface area contributed by atoms with Gasteiger partial charge in [-0.05, 0) is 45.4 Å². The fourth-order valence-electron chi connectivity index (χ4n) is 2.69. The Morgan fingerprint density at radius 3 is 2.38 bits per heavy atom. The maximum absolute atomic E-state index is 12.5. The fraction of sp³-hybridized carbons (Fsp3) is 0.550. The molecule has 0 aromatic heterocycles. The SMILES string of the molecule is C#N.CC.CC(C)ON(C(=O)Oc1ccccc1)C1CCCN(CC(=O)[O-])C1.[Na+]. The number of benzene rings is 1. The standard InChI is InChI=1S/C17H24N2O5.C2H6.CHN.Na/c1-13(2)24-19(17(22)23-15-8-4-3-5-9-15)14-7-6-10-18(11-14)12-16(20)21;2*1-2;/h3-5,8-9,13-14H,6-7,10-12H2,1-2H3,(H,20,21);1-2H3;1H;/q;;;+1/p-1. The van der Waals surface area contributed by atoms with Gasteiger partial charge < -0.3 is 14.6 Å². The molecule has 1 aromatic rings. The van der Waals surface area contributed by atoms with Crippen LogP contribution in [0.4, 0.5) is 4.79 Å². The number of para-hydroxylation sites is 1. The summed E-state index contributed by atoms with van der Waals surface area (Å²) in [5, 5.41) is 18.5. The van der Waals surface area contributed by atoms with Crippen LogP contribution in [0.25, 0.3) is 0 Å². The van der Waals surface area contributed by atoms with Crippen molar-refractivity contribution in [2.24, 2.45) is 0 Å². The van der Waals surface area contributed by atoms with Crippen molar-refractivity contribution in [1.82, 2.24) is 9.96 Å². The molecule has 0 radical (unpaired) electrons. The fourth-order valence-corrected chi connectivity index (χ4v) is 2.69. The second kappa shape index (κ2) is 17.2. The second-order valence-electron chi connectivity index (χ2n) is 6.06. The molecule has 1 aliphatic heterocycles. The van der Waals surface area contributed by atoms with Crippen molar-refractivity contribution in [3.63, 3.8) is 0 Å². The zero-order valence-electron chi connectivity index (χ0n) is 18.0. The Balaban J connectivity index is 0. The number of carbonyl (C=O) groups excluding carboxylic acids is 2. The van der Waals surface area contributed by atoms with Crippen molar-refractivity contribution in [2.45, 2.75) is 52.7 Å². The van der Waals surface area contributed by atoms with Gasteiger partial charge in [-0.2, -0.15) is 5.06 Å². The van der Waals surface area contributed by atoms with Crippen LogP contribution in [-0.2, 0) is 9.63 Å². The topological polar surface area (TPSA) is 106 Å². The van der Waals surface area contributed by atoms with Crippen LogP contribution < -0.4 is 39.4 Å². The van der Waals surface area contributed by atoms with Gasteiger partial charge in [0.15, 0.2) is 0 Å². The number of aliphatic carboxylic acids is 1. The van der Waals surface area contributed by atoms with E-state index in [1.54, 1.807) is 29.2 Å². The van der Waals surface area contributed by atoms with E-state index in [1.807, 2.05) is 33.8 Å². The normalized spacial score (nSPS) is 15.5. The quantitative estimate of drug-likeness (QED) is 0.443. The van der Waals surface area contributed by atoms with Crippen molar-refractivity contribution in [2.75, 3.05) is 19.6 Å². The van der Waals surface area contributed by atoms with Gasteiger partial charge in [0, 0.05) is 19.7 Å². The Morgan fingerprint density at radius 1 is 1.28 bits per heavy atom. The van der Waals surface area contributed by atoms with Crippen molar-refractivity contribution in [1.29, 1.82) is 5.26 Å². The minimum Gasteiger partial charge on any atom is -0.549 e. The zero-order chi connectivity index (χ0) is 21.5. The number of carboxylic acid groups (broad SMARTS) is 1. The van der Waals surface area contributed by atoms with Gasteiger partial charge in [-0.1, -0.05) is 32.0 Å². The number of hydroxylamine groups is 2. The number of hydrogen-bond acceptors (Lipinski definition) is 7. The van der Waals surface area contributed by atoms with Crippen LogP contribution in [0.5, 0.6) is 5.75 Å². The van der Waals surface area contributed by atoms with Crippen LogP contribution in [-0.4, -0.2) is 53.8 Å². The third kappa shape index (κ3) is 11.8. The molecule has 1 aromatic carbocycles. The third-order valence-corrected chi connectivity index (χ3v) is 3.62. The van der Waals surface area contributed by atoms with E-state index in [2.05, 4.69) is 6.57 Å². The molecule has 1 atom stereocenters. The van der Waals surface area contributed by atoms with Crippen LogP contribution in [0.2, 0.25) is 0 Å². The Hall–Kier alpha value is -1.63. The maximum Gasteiger partial charge on any atom is 1.00 e. The second-order valence-corrected chi connectivity index (χ2v) is 6.06. The molecular formula is C20H30N3NaO5. The van der Waals surface area contributed by atoms with Crippen molar-refractivity contribution < 1.29 is 53.8 Å². The summed E-state index contributed by atoms with van der Waals surface area (Å²) < 4.78 is 5.36. The van der Waals surface area contributed by atoms with Gasteiger partial charge in [0.25, 0.3) is 0 Å². The molecule has 1 fully saturated rings. The van der Waals surface area contributed by atoms with E-state index < -0.39 is 12.1 Å². The first-order valence-electron chi connectivity index (χ1n) is 9.36. The van der Waals surface area contributed by atoms with Crippen LogP contribution >= 0.6 is 0 Å². The molecule has 0 saturated carbocycles. The molecule has 1 aliphatic rings. The van der Waals surface area contributed by atoms with Crippen LogP contribution in [0.15, 0.2) is 30.3 Å². The Kier molecular flexibility index (Phi) is 17.6. The molecular weight excluding hydrogens is 385 g/mol. The number of piperidine rings is 1. The molecule has 1 unspecified atom stereocenters. The molecule has 0 aliphatic carbocycles. The van der Waals surface area contributed by atoms with Gasteiger partial charge in [0.2, 0.25) is 0 Å². The minimum atomic E-state index is -1.13.